The molecule has 2 aromatic heterocycles. The van der Waals surface area contributed by atoms with Gasteiger partial charge in [0.1, 0.15) is 5.52 Å². The minimum Gasteiger partial charge on any atom is -0.443 e. The highest BCUT2D eigenvalue weighted by molar-refractivity contribution is 6.00. The number of fused-ring (bicyclic) bond motifs is 1. The smallest absolute Gasteiger partial charge is 0.182 e. The maximum absolute atomic E-state index is 6.18. The molecule has 0 aliphatic heterocycles. The molecular formula is C46H38N2O. The molecule has 0 radical (unpaired) electrons. The number of aromatic nitrogens is 2. The first-order chi connectivity index (χ1) is 24.2. The monoisotopic (exact) mass is 634 g/mol. The lowest BCUT2D eigenvalue weighted by Gasteiger charge is -2.57. The minimum atomic E-state index is 0.360. The van der Waals surface area contributed by atoms with Gasteiger partial charge in [-0.1, -0.05) is 109 Å². The molecule has 4 aliphatic carbocycles. The summed E-state index contributed by atoms with van der Waals surface area (Å²) in [5.74, 6) is 2.77. The Morgan fingerprint density at radius 1 is 0.490 bits per heavy atom. The highest BCUT2D eigenvalue weighted by Crippen LogP contribution is 2.61. The fourth-order valence-corrected chi connectivity index (χ4v) is 9.97. The number of pyridine rings is 1. The molecular weight excluding hydrogens is 597 g/mol. The van der Waals surface area contributed by atoms with Crippen molar-refractivity contribution in [3.8, 4) is 55.9 Å². The van der Waals surface area contributed by atoms with Gasteiger partial charge in [0.25, 0.3) is 0 Å². The molecule has 0 unspecified atom stereocenters. The summed E-state index contributed by atoms with van der Waals surface area (Å²) in [4.78, 5) is 9.88. The highest BCUT2D eigenvalue weighted by atomic mass is 16.3. The third-order valence-corrected chi connectivity index (χ3v) is 11.8. The first-order valence-electron chi connectivity index (χ1n) is 17.9. The molecule has 4 saturated carbocycles. The van der Waals surface area contributed by atoms with Crippen molar-refractivity contribution in [3.05, 3.63) is 145 Å². The Labute approximate surface area is 287 Å². The fraction of sp³-hybridized carbons (Fsp3) is 0.217. The number of hydrogen-bond donors (Lipinski definition) is 0. The molecule has 49 heavy (non-hydrogen) atoms. The first-order valence-corrected chi connectivity index (χ1v) is 17.9. The second kappa shape index (κ2) is 11.4. The average molecular weight is 635 g/mol. The third kappa shape index (κ3) is 5.03. The maximum Gasteiger partial charge on any atom is 0.182 e. The van der Waals surface area contributed by atoms with Gasteiger partial charge in [-0.25, -0.2) is 9.97 Å². The summed E-state index contributed by atoms with van der Waals surface area (Å²) in [6, 6.07) is 47.9. The van der Waals surface area contributed by atoms with E-state index in [1.165, 1.54) is 49.7 Å². The summed E-state index contributed by atoms with van der Waals surface area (Å²) < 4.78 is 6.18. The number of rotatable bonds is 6. The summed E-state index contributed by atoms with van der Waals surface area (Å²) in [6.07, 6.45) is 10.1. The van der Waals surface area contributed by atoms with Gasteiger partial charge in [0.15, 0.2) is 12.0 Å². The standard InChI is InChI=1S/C46H38N2O/c1-3-9-33(10-4-1)42-24-38(25-43(48-42)34-11-5-2-6-12-34)35-13-7-14-36(22-35)40-17-18-41(45-44(40)47-29-49-45)37-15-8-16-39(23-37)46-26-30-19-31(27-46)21-32(20-30)28-46/h1-18,22-25,29-32H,19-21,26-28H2. The normalized spacial score (nSPS) is 22.5. The SMILES string of the molecule is c1ccc(-c2cc(-c3cccc(-c4ccc(-c5cccc(C67CC8CC(CC(C8)C6)C7)c5)c5ocnc45)c3)cc(-c3ccccc3)n2)cc1. The molecule has 3 heteroatoms. The summed E-state index contributed by atoms with van der Waals surface area (Å²) >= 11 is 0. The van der Waals surface area contributed by atoms with Crippen molar-refractivity contribution in [3.63, 3.8) is 0 Å². The van der Waals surface area contributed by atoms with E-state index in [1.807, 2.05) is 12.1 Å². The zero-order chi connectivity index (χ0) is 32.4. The van der Waals surface area contributed by atoms with Gasteiger partial charge < -0.3 is 4.42 Å². The maximum atomic E-state index is 6.18. The van der Waals surface area contributed by atoms with Crippen molar-refractivity contribution >= 4 is 11.1 Å². The van der Waals surface area contributed by atoms with Crippen molar-refractivity contribution < 1.29 is 4.42 Å². The van der Waals surface area contributed by atoms with Crippen molar-refractivity contribution in [2.75, 3.05) is 0 Å². The van der Waals surface area contributed by atoms with Gasteiger partial charge in [0.2, 0.25) is 0 Å². The van der Waals surface area contributed by atoms with Gasteiger partial charge in [-0.3, -0.25) is 0 Å². The Bertz CT molecular complexity index is 2230. The predicted molar refractivity (Wildman–Crippen MR) is 199 cm³/mol. The molecule has 0 N–H and O–H groups in total. The van der Waals surface area contributed by atoms with Gasteiger partial charge >= 0.3 is 0 Å². The topological polar surface area (TPSA) is 38.9 Å². The Balaban J connectivity index is 1.03. The summed E-state index contributed by atoms with van der Waals surface area (Å²) in [5, 5.41) is 0. The Morgan fingerprint density at radius 2 is 1.04 bits per heavy atom. The van der Waals surface area contributed by atoms with E-state index in [0.29, 0.717) is 5.41 Å². The summed E-state index contributed by atoms with van der Waals surface area (Å²) in [7, 11) is 0. The van der Waals surface area contributed by atoms with Crippen molar-refractivity contribution in [1.82, 2.24) is 9.97 Å². The molecule has 4 fully saturated rings. The van der Waals surface area contributed by atoms with Gasteiger partial charge in [-0.05, 0) is 114 Å². The van der Waals surface area contributed by atoms with Crippen LogP contribution in [0, 0.1) is 17.8 Å². The van der Waals surface area contributed by atoms with Crippen molar-refractivity contribution in [1.29, 1.82) is 0 Å². The van der Waals surface area contributed by atoms with Crippen LogP contribution in [0.25, 0.3) is 67.0 Å². The molecule has 4 aliphatic rings. The molecule has 0 atom stereocenters. The molecule has 11 rings (SSSR count). The van der Waals surface area contributed by atoms with E-state index in [-0.39, 0.29) is 0 Å². The summed E-state index contributed by atoms with van der Waals surface area (Å²) in [5.41, 5.74) is 14.6. The van der Waals surface area contributed by atoms with Crippen LogP contribution in [-0.2, 0) is 5.41 Å². The van der Waals surface area contributed by atoms with E-state index in [9.17, 15) is 0 Å². The number of nitrogens with zero attached hydrogens (tertiary/aromatic N) is 2. The fourth-order valence-electron chi connectivity index (χ4n) is 9.97. The molecule has 4 bridgehead atoms. The van der Waals surface area contributed by atoms with Crippen LogP contribution < -0.4 is 0 Å². The second-order valence-corrected chi connectivity index (χ2v) is 14.9. The van der Waals surface area contributed by atoms with Crippen LogP contribution in [0.15, 0.2) is 144 Å². The number of benzene rings is 5. The number of hydrogen-bond acceptors (Lipinski definition) is 3. The number of oxazole rings is 1. The average Bonchev–Trinajstić information content (AvgIpc) is 3.65. The van der Waals surface area contributed by atoms with Crippen LogP contribution in [0.3, 0.4) is 0 Å². The zero-order valence-corrected chi connectivity index (χ0v) is 27.6. The van der Waals surface area contributed by atoms with Crippen LogP contribution in [0.5, 0.6) is 0 Å². The minimum absolute atomic E-state index is 0.360. The molecule has 0 saturated heterocycles. The Hall–Kier alpha value is -5.28. The molecule has 238 valence electrons. The second-order valence-electron chi connectivity index (χ2n) is 14.9. The Morgan fingerprint density at radius 3 is 1.69 bits per heavy atom. The van der Waals surface area contributed by atoms with Gasteiger partial charge in [0.05, 0.1) is 11.4 Å². The molecule has 3 nitrogen and oxygen atoms in total. The largest absolute Gasteiger partial charge is 0.443 e. The van der Waals surface area contributed by atoms with Crippen LogP contribution in [0.1, 0.15) is 44.1 Å². The molecule has 0 spiro atoms. The predicted octanol–water partition coefficient (Wildman–Crippen LogP) is 12.0. The van der Waals surface area contributed by atoms with E-state index in [0.717, 1.165) is 79.2 Å². The molecule has 2 heterocycles. The first kappa shape index (κ1) is 28.7. The van der Waals surface area contributed by atoms with Crippen LogP contribution in [0.4, 0.5) is 0 Å². The van der Waals surface area contributed by atoms with Gasteiger partial charge in [-0.15, -0.1) is 0 Å². The van der Waals surface area contributed by atoms with E-state index >= 15 is 0 Å². The Kier molecular flexibility index (Phi) is 6.69. The van der Waals surface area contributed by atoms with E-state index in [2.05, 4.69) is 121 Å². The van der Waals surface area contributed by atoms with Gasteiger partial charge in [0, 0.05) is 22.3 Å². The van der Waals surface area contributed by atoms with E-state index in [1.54, 1.807) is 6.39 Å². The molecule has 5 aromatic carbocycles. The molecule has 7 aromatic rings. The highest BCUT2D eigenvalue weighted by Gasteiger charge is 2.51. The zero-order valence-electron chi connectivity index (χ0n) is 27.6. The summed E-state index contributed by atoms with van der Waals surface area (Å²) in [6.45, 7) is 0. The van der Waals surface area contributed by atoms with Gasteiger partial charge in [-0.2, -0.15) is 0 Å². The van der Waals surface area contributed by atoms with Crippen LogP contribution in [-0.4, -0.2) is 9.97 Å². The lowest BCUT2D eigenvalue weighted by Crippen LogP contribution is -2.48. The van der Waals surface area contributed by atoms with Crippen LogP contribution in [0.2, 0.25) is 0 Å². The van der Waals surface area contributed by atoms with Crippen LogP contribution >= 0.6 is 0 Å². The van der Waals surface area contributed by atoms with Crippen molar-refractivity contribution in [2.24, 2.45) is 17.8 Å². The van der Waals surface area contributed by atoms with Crippen molar-refractivity contribution in [2.45, 2.75) is 43.9 Å². The quantitative estimate of drug-likeness (QED) is 0.183. The van der Waals surface area contributed by atoms with E-state index < -0.39 is 0 Å². The molecule has 0 amide bonds. The lowest BCUT2D eigenvalue weighted by molar-refractivity contribution is -0.00516. The lowest BCUT2D eigenvalue weighted by atomic mass is 9.48. The third-order valence-electron chi connectivity index (χ3n) is 11.8. The van der Waals surface area contributed by atoms with E-state index in [4.69, 9.17) is 14.4 Å².